The van der Waals surface area contributed by atoms with Crippen molar-refractivity contribution in [3.63, 3.8) is 0 Å². The Kier molecular flexibility index (Phi) is 8.59. The average molecular weight is 338 g/mol. The summed E-state index contributed by atoms with van der Waals surface area (Å²) in [5, 5.41) is 0. The lowest BCUT2D eigenvalue weighted by Gasteiger charge is -2.16. The summed E-state index contributed by atoms with van der Waals surface area (Å²) >= 11 is 0. The molecule has 0 bridgehead atoms. The van der Waals surface area contributed by atoms with Gasteiger partial charge in [0.2, 0.25) is 0 Å². The predicted octanol–water partition coefficient (Wildman–Crippen LogP) is 1.25. The monoisotopic (exact) mass is 338 g/mol. The van der Waals surface area contributed by atoms with Crippen LogP contribution in [0.3, 0.4) is 0 Å². The minimum absolute atomic E-state index is 0.202. The molecule has 0 radical (unpaired) electrons. The van der Waals surface area contributed by atoms with Crippen LogP contribution in [0, 0.1) is 0 Å². The van der Waals surface area contributed by atoms with E-state index < -0.39 is 11.8 Å². The summed E-state index contributed by atoms with van der Waals surface area (Å²) in [6.07, 6.45) is 3.51. The molecule has 2 amide bonds. The van der Waals surface area contributed by atoms with E-state index >= 15 is 0 Å². The third-order valence-electron chi connectivity index (χ3n) is 3.34. The topological polar surface area (TPSA) is 129 Å². The van der Waals surface area contributed by atoms with Crippen molar-refractivity contribution in [2.24, 2.45) is 11.7 Å². The second-order valence-electron chi connectivity index (χ2n) is 5.20. The smallest absolute Gasteiger partial charge is 0.269 e. The summed E-state index contributed by atoms with van der Waals surface area (Å²) in [5.74, 6) is 9.92. The Labute approximate surface area is 141 Å². The first-order chi connectivity index (χ1) is 11.6. The van der Waals surface area contributed by atoms with E-state index in [0.717, 1.165) is 25.7 Å². The molecule has 0 saturated carbocycles. The summed E-state index contributed by atoms with van der Waals surface area (Å²) < 4.78 is 11.2. The lowest BCUT2D eigenvalue weighted by atomic mass is 10.1. The van der Waals surface area contributed by atoms with Crippen molar-refractivity contribution in [3.05, 3.63) is 23.3 Å². The Morgan fingerprint density at radius 2 is 1.25 bits per heavy atom. The van der Waals surface area contributed by atoms with Gasteiger partial charge in [-0.1, -0.05) is 26.7 Å². The van der Waals surface area contributed by atoms with Crippen molar-refractivity contribution in [1.29, 1.82) is 0 Å². The van der Waals surface area contributed by atoms with Crippen LogP contribution < -0.4 is 32.0 Å². The van der Waals surface area contributed by atoms with Gasteiger partial charge in [0.15, 0.2) is 0 Å². The van der Waals surface area contributed by atoms with Crippen molar-refractivity contribution in [3.8, 4) is 11.5 Å². The van der Waals surface area contributed by atoms with Crippen molar-refractivity contribution in [2.75, 3.05) is 13.2 Å². The van der Waals surface area contributed by atoms with Gasteiger partial charge in [-0.2, -0.15) is 0 Å². The molecule has 1 aromatic carbocycles. The van der Waals surface area contributed by atoms with Crippen LogP contribution in [-0.2, 0) is 0 Å². The first-order valence-corrected chi connectivity index (χ1v) is 8.04. The number of nitrogens with two attached hydrogens (primary N) is 2. The highest BCUT2D eigenvalue weighted by Gasteiger charge is 2.21. The highest BCUT2D eigenvalue weighted by atomic mass is 16.5. The van der Waals surface area contributed by atoms with Gasteiger partial charge in [-0.25, -0.2) is 11.7 Å². The maximum absolute atomic E-state index is 12.0. The zero-order valence-corrected chi connectivity index (χ0v) is 14.2. The highest BCUT2D eigenvalue weighted by molar-refractivity contribution is 6.02. The highest BCUT2D eigenvalue weighted by Crippen LogP contribution is 2.29. The molecule has 0 spiro atoms. The molecule has 8 nitrogen and oxygen atoms in total. The number of carbonyl (C=O) groups is 2. The molecule has 0 saturated heterocycles. The van der Waals surface area contributed by atoms with E-state index in [-0.39, 0.29) is 22.6 Å². The molecule has 0 unspecified atom stereocenters. The van der Waals surface area contributed by atoms with Crippen LogP contribution in [0.4, 0.5) is 0 Å². The van der Waals surface area contributed by atoms with Gasteiger partial charge >= 0.3 is 0 Å². The molecule has 1 rings (SSSR count). The van der Waals surface area contributed by atoms with E-state index in [4.69, 9.17) is 21.2 Å². The van der Waals surface area contributed by atoms with Crippen LogP contribution in [0.25, 0.3) is 0 Å². The fourth-order valence-electron chi connectivity index (χ4n) is 1.96. The molecule has 0 aliphatic rings. The number of nitrogens with one attached hydrogen (secondary N) is 2. The van der Waals surface area contributed by atoms with E-state index in [9.17, 15) is 9.59 Å². The Balaban J connectivity index is 3.24. The van der Waals surface area contributed by atoms with Crippen LogP contribution in [0.5, 0.6) is 11.5 Å². The summed E-state index contributed by atoms with van der Waals surface area (Å²) in [5.41, 5.74) is 4.54. The standard InChI is InChI=1S/C16H26N4O4/c1-3-5-7-23-13-9-12(16(22)20-18)14(24-8-6-4-2)10-11(13)15(21)19-17/h9-10H,3-8,17-18H2,1-2H3,(H,19,21)(H,20,22). The summed E-state index contributed by atoms with van der Waals surface area (Å²) in [6.45, 7) is 4.88. The number of rotatable bonds is 10. The lowest BCUT2D eigenvalue weighted by molar-refractivity contribution is 0.0934. The molecule has 0 aliphatic heterocycles. The van der Waals surface area contributed by atoms with Gasteiger partial charge in [-0.05, 0) is 25.0 Å². The summed E-state index contributed by atoms with van der Waals surface area (Å²) in [7, 11) is 0. The lowest BCUT2D eigenvalue weighted by Crippen LogP contribution is -2.32. The number of hydrogen-bond acceptors (Lipinski definition) is 6. The molecule has 0 aliphatic carbocycles. The number of benzene rings is 1. The minimum Gasteiger partial charge on any atom is -0.493 e. The average Bonchev–Trinajstić information content (AvgIpc) is 2.61. The summed E-state index contributed by atoms with van der Waals surface area (Å²) in [6, 6.07) is 2.90. The number of carbonyl (C=O) groups excluding carboxylic acids is 2. The first-order valence-electron chi connectivity index (χ1n) is 8.04. The number of amides is 2. The quantitative estimate of drug-likeness (QED) is 0.220. The molecule has 24 heavy (non-hydrogen) atoms. The van der Waals surface area contributed by atoms with E-state index in [2.05, 4.69) is 10.9 Å². The van der Waals surface area contributed by atoms with E-state index in [1.54, 1.807) is 0 Å². The van der Waals surface area contributed by atoms with Gasteiger partial charge in [0.1, 0.15) is 11.5 Å². The second-order valence-corrected chi connectivity index (χ2v) is 5.20. The molecule has 0 aromatic heterocycles. The Bertz CT molecular complexity index is 514. The van der Waals surface area contributed by atoms with Crippen LogP contribution in [-0.4, -0.2) is 25.0 Å². The molecule has 0 fully saturated rings. The molecule has 0 heterocycles. The van der Waals surface area contributed by atoms with Crippen molar-refractivity contribution < 1.29 is 19.1 Å². The largest absolute Gasteiger partial charge is 0.493 e. The number of unbranched alkanes of at least 4 members (excludes halogenated alkanes) is 2. The van der Waals surface area contributed by atoms with Crippen molar-refractivity contribution >= 4 is 11.8 Å². The number of hydrogen-bond donors (Lipinski definition) is 4. The Hall–Kier alpha value is -2.32. The van der Waals surface area contributed by atoms with E-state index in [0.29, 0.717) is 13.2 Å². The fraction of sp³-hybridized carbons (Fsp3) is 0.500. The molecular formula is C16H26N4O4. The van der Waals surface area contributed by atoms with Gasteiger partial charge in [-0.15, -0.1) is 0 Å². The van der Waals surface area contributed by atoms with E-state index in [1.165, 1.54) is 12.1 Å². The van der Waals surface area contributed by atoms with Gasteiger partial charge in [0, 0.05) is 0 Å². The molecule has 1 aromatic rings. The number of nitrogen functional groups attached to an aromatic ring is 2. The predicted molar refractivity (Wildman–Crippen MR) is 90.6 cm³/mol. The maximum Gasteiger partial charge on any atom is 0.269 e. The van der Waals surface area contributed by atoms with Crippen LogP contribution in [0.2, 0.25) is 0 Å². The second kappa shape index (κ2) is 10.5. The normalized spacial score (nSPS) is 10.2. The van der Waals surface area contributed by atoms with E-state index in [1.807, 2.05) is 13.8 Å². The maximum atomic E-state index is 12.0. The molecule has 8 heteroatoms. The summed E-state index contributed by atoms with van der Waals surface area (Å²) in [4.78, 5) is 24.0. The van der Waals surface area contributed by atoms with Crippen molar-refractivity contribution in [2.45, 2.75) is 39.5 Å². The molecule has 134 valence electrons. The zero-order valence-electron chi connectivity index (χ0n) is 14.2. The molecule has 6 N–H and O–H groups in total. The fourth-order valence-corrected chi connectivity index (χ4v) is 1.96. The number of ether oxygens (including phenoxy) is 2. The molecule has 0 atom stereocenters. The van der Waals surface area contributed by atoms with Gasteiger partial charge in [0.05, 0.1) is 24.3 Å². The van der Waals surface area contributed by atoms with Gasteiger partial charge < -0.3 is 9.47 Å². The van der Waals surface area contributed by atoms with Crippen molar-refractivity contribution in [1.82, 2.24) is 10.9 Å². The number of hydrazine groups is 2. The SMILES string of the molecule is CCCCOc1cc(C(=O)NN)c(OCCCC)cc1C(=O)NN. The van der Waals surface area contributed by atoms with Crippen LogP contribution in [0.15, 0.2) is 12.1 Å². The first kappa shape index (κ1) is 19.7. The minimum atomic E-state index is -0.526. The third kappa shape index (κ3) is 5.39. The Morgan fingerprint density at radius 3 is 1.54 bits per heavy atom. The molecular weight excluding hydrogens is 312 g/mol. The van der Waals surface area contributed by atoms with Gasteiger partial charge in [0.25, 0.3) is 11.8 Å². The van der Waals surface area contributed by atoms with Crippen LogP contribution in [0.1, 0.15) is 60.2 Å². The van der Waals surface area contributed by atoms with Crippen LogP contribution >= 0.6 is 0 Å². The Morgan fingerprint density at radius 1 is 0.875 bits per heavy atom. The third-order valence-corrected chi connectivity index (χ3v) is 3.34. The van der Waals surface area contributed by atoms with Gasteiger partial charge in [-0.3, -0.25) is 20.4 Å². The zero-order chi connectivity index (χ0) is 17.9.